The van der Waals surface area contributed by atoms with Crippen molar-refractivity contribution in [2.45, 2.75) is 17.7 Å². The Labute approximate surface area is 193 Å². The van der Waals surface area contributed by atoms with Crippen LogP contribution in [-0.2, 0) is 24.3 Å². The fraction of sp³-hybridized carbons (Fsp3) is 0.250. The van der Waals surface area contributed by atoms with E-state index in [4.69, 9.17) is 0 Å². The molecule has 0 aliphatic heterocycles. The molecule has 0 fully saturated rings. The van der Waals surface area contributed by atoms with Crippen molar-refractivity contribution in [3.05, 3.63) is 47.5 Å². The summed E-state index contributed by atoms with van der Waals surface area (Å²) in [6.07, 6.45) is 0.192. The Morgan fingerprint density at radius 3 is 2.30 bits per heavy atom. The van der Waals surface area contributed by atoms with Crippen LogP contribution in [0.2, 0.25) is 0 Å². The number of rotatable bonds is 9. The molecule has 2 N–H and O–H groups in total. The Hall–Kier alpha value is -3.42. The van der Waals surface area contributed by atoms with E-state index in [-0.39, 0.29) is 41.1 Å². The lowest BCUT2D eigenvalue weighted by molar-refractivity contribution is -0.116. The van der Waals surface area contributed by atoms with Gasteiger partial charge in [-0.15, -0.1) is 0 Å². The van der Waals surface area contributed by atoms with Gasteiger partial charge in [-0.05, 0) is 36.8 Å². The summed E-state index contributed by atoms with van der Waals surface area (Å²) in [4.78, 5) is 36.0. The van der Waals surface area contributed by atoms with Gasteiger partial charge in [-0.2, -0.15) is 8.75 Å². The number of esters is 2. The SMILES string of the molecule is COC(=O)c1cc(NC(=O)CCCNS(=O)(=O)c2cccc3nsnc23)cc(C(=O)OC)c1. The number of ether oxygens (including phenoxy) is 2. The molecule has 2 aromatic carbocycles. The van der Waals surface area contributed by atoms with E-state index in [2.05, 4.69) is 28.3 Å². The molecule has 3 aromatic rings. The van der Waals surface area contributed by atoms with Crippen LogP contribution in [0.25, 0.3) is 11.0 Å². The first-order valence-electron chi connectivity index (χ1n) is 9.57. The number of methoxy groups -OCH3 is 2. The molecule has 0 saturated carbocycles. The number of anilines is 1. The van der Waals surface area contributed by atoms with Crippen LogP contribution in [0.3, 0.4) is 0 Å². The summed E-state index contributed by atoms with van der Waals surface area (Å²) in [7, 11) is -1.45. The van der Waals surface area contributed by atoms with Crippen molar-refractivity contribution in [1.82, 2.24) is 13.5 Å². The molecule has 11 nitrogen and oxygen atoms in total. The largest absolute Gasteiger partial charge is 0.465 e. The maximum absolute atomic E-state index is 12.6. The Bertz CT molecular complexity index is 1270. The van der Waals surface area contributed by atoms with Crippen LogP contribution in [-0.4, -0.2) is 55.8 Å². The molecule has 0 spiro atoms. The van der Waals surface area contributed by atoms with Gasteiger partial charge in [0.25, 0.3) is 0 Å². The van der Waals surface area contributed by atoms with E-state index in [1.165, 1.54) is 38.5 Å². The van der Waals surface area contributed by atoms with Gasteiger partial charge >= 0.3 is 11.9 Å². The van der Waals surface area contributed by atoms with Gasteiger partial charge in [0.05, 0.1) is 37.1 Å². The van der Waals surface area contributed by atoms with Gasteiger partial charge in [0, 0.05) is 18.7 Å². The fourth-order valence-electron chi connectivity index (χ4n) is 2.93. The third kappa shape index (κ3) is 5.88. The van der Waals surface area contributed by atoms with E-state index >= 15 is 0 Å². The van der Waals surface area contributed by atoms with Crippen molar-refractivity contribution in [3.8, 4) is 0 Å². The van der Waals surface area contributed by atoms with E-state index in [9.17, 15) is 22.8 Å². The minimum absolute atomic E-state index is 0.0129. The number of aromatic nitrogens is 2. The predicted octanol–water partition coefficient (Wildman–Crippen LogP) is 1.96. The summed E-state index contributed by atoms with van der Waals surface area (Å²) in [5, 5.41) is 2.58. The van der Waals surface area contributed by atoms with Crippen molar-refractivity contribution < 1.29 is 32.3 Å². The molecule has 0 unspecified atom stereocenters. The summed E-state index contributed by atoms with van der Waals surface area (Å²) in [5.74, 6) is -1.80. The number of benzene rings is 2. The van der Waals surface area contributed by atoms with Crippen LogP contribution >= 0.6 is 11.7 Å². The molecule has 13 heteroatoms. The lowest BCUT2D eigenvalue weighted by Gasteiger charge is -2.10. The topological polar surface area (TPSA) is 154 Å². The van der Waals surface area contributed by atoms with Crippen molar-refractivity contribution in [2.24, 2.45) is 0 Å². The van der Waals surface area contributed by atoms with Crippen molar-refractivity contribution in [1.29, 1.82) is 0 Å². The summed E-state index contributed by atoms with van der Waals surface area (Å²) < 4.78 is 45.0. The number of hydrogen-bond donors (Lipinski definition) is 2. The van der Waals surface area contributed by atoms with E-state index in [1.807, 2.05) is 0 Å². The fourth-order valence-corrected chi connectivity index (χ4v) is 4.76. The summed E-state index contributed by atoms with van der Waals surface area (Å²) in [6.45, 7) is 0.0132. The molecule has 3 rings (SSSR count). The van der Waals surface area contributed by atoms with E-state index in [1.54, 1.807) is 12.1 Å². The number of carbonyl (C=O) groups excluding carboxylic acids is 3. The number of carbonyl (C=O) groups is 3. The van der Waals surface area contributed by atoms with Gasteiger partial charge in [0.15, 0.2) is 0 Å². The second-order valence-corrected chi connectivity index (χ2v) is 8.98. The highest BCUT2D eigenvalue weighted by atomic mass is 32.2. The third-order valence-electron chi connectivity index (χ3n) is 4.47. The minimum atomic E-state index is -3.83. The molecule has 1 heterocycles. The summed E-state index contributed by atoms with van der Waals surface area (Å²) in [6, 6.07) is 8.70. The van der Waals surface area contributed by atoms with E-state index < -0.39 is 27.9 Å². The van der Waals surface area contributed by atoms with Crippen LogP contribution in [0.4, 0.5) is 5.69 Å². The molecule has 1 aromatic heterocycles. The zero-order valence-corrected chi connectivity index (χ0v) is 19.3. The first-order valence-corrected chi connectivity index (χ1v) is 11.8. The Kier molecular flexibility index (Phi) is 7.68. The number of amides is 1. The smallest absolute Gasteiger partial charge is 0.337 e. The molecule has 0 aliphatic carbocycles. The van der Waals surface area contributed by atoms with Crippen LogP contribution < -0.4 is 10.0 Å². The minimum Gasteiger partial charge on any atom is -0.465 e. The standard InChI is InChI=1S/C20H20N4O7S2/c1-30-19(26)12-9-13(20(27)31-2)11-14(10-12)22-17(25)7-4-8-21-33(28,29)16-6-3-5-15-18(16)24-32-23-15/h3,5-6,9-11,21H,4,7-8H2,1-2H3,(H,22,25). The number of hydrogen-bond acceptors (Lipinski definition) is 10. The molecule has 0 aliphatic rings. The van der Waals surface area contributed by atoms with Gasteiger partial charge in [-0.3, -0.25) is 4.79 Å². The van der Waals surface area contributed by atoms with Gasteiger partial charge in [0.1, 0.15) is 15.9 Å². The summed E-state index contributed by atoms with van der Waals surface area (Å²) in [5.41, 5.74) is 1.11. The maximum atomic E-state index is 12.6. The van der Waals surface area contributed by atoms with Crippen molar-refractivity contribution >= 4 is 56.3 Å². The molecule has 0 atom stereocenters. The monoisotopic (exact) mass is 492 g/mol. The number of sulfonamides is 1. The highest BCUT2D eigenvalue weighted by Gasteiger charge is 2.19. The second-order valence-electron chi connectivity index (χ2n) is 6.72. The molecular weight excluding hydrogens is 472 g/mol. The molecule has 0 radical (unpaired) electrons. The van der Waals surface area contributed by atoms with Gasteiger partial charge < -0.3 is 14.8 Å². The van der Waals surface area contributed by atoms with Gasteiger partial charge in [-0.1, -0.05) is 6.07 Å². The highest BCUT2D eigenvalue weighted by Crippen LogP contribution is 2.21. The molecule has 1 amide bonds. The van der Waals surface area contributed by atoms with E-state index in [0.717, 1.165) is 11.7 Å². The normalized spacial score (nSPS) is 11.2. The Morgan fingerprint density at radius 2 is 1.67 bits per heavy atom. The second kappa shape index (κ2) is 10.5. The average molecular weight is 493 g/mol. The van der Waals surface area contributed by atoms with Crippen molar-refractivity contribution in [2.75, 3.05) is 26.1 Å². The molecule has 0 saturated heterocycles. The van der Waals surface area contributed by atoms with Crippen LogP contribution in [0.15, 0.2) is 41.3 Å². The average Bonchev–Trinajstić information content (AvgIpc) is 3.29. The van der Waals surface area contributed by atoms with Gasteiger partial charge in [0.2, 0.25) is 15.9 Å². The Morgan fingerprint density at radius 1 is 1.00 bits per heavy atom. The van der Waals surface area contributed by atoms with Crippen LogP contribution in [0.1, 0.15) is 33.6 Å². The van der Waals surface area contributed by atoms with Crippen LogP contribution in [0, 0.1) is 0 Å². The van der Waals surface area contributed by atoms with Crippen LogP contribution in [0.5, 0.6) is 0 Å². The van der Waals surface area contributed by atoms with E-state index in [0.29, 0.717) is 11.0 Å². The predicted molar refractivity (Wildman–Crippen MR) is 120 cm³/mol. The first kappa shape index (κ1) is 24.2. The number of nitrogens with one attached hydrogen (secondary N) is 2. The Balaban J connectivity index is 1.60. The zero-order valence-electron chi connectivity index (χ0n) is 17.7. The maximum Gasteiger partial charge on any atom is 0.337 e. The van der Waals surface area contributed by atoms with Crippen molar-refractivity contribution in [3.63, 3.8) is 0 Å². The first-order chi connectivity index (χ1) is 15.7. The highest BCUT2D eigenvalue weighted by molar-refractivity contribution is 7.89. The molecule has 33 heavy (non-hydrogen) atoms. The lowest BCUT2D eigenvalue weighted by Crippen LogP contribution is -2.26. The molecular formula is C20H20N4O7S2. The number of nitrogens with zero attached hydrogens (tertiary/aromatic N) is 2. The quantitative estimate of drug-likeness (QED) is 0.337. The lowest BCUT2D eigenvalue weighted by atomic mass is 10.1. The third-order valence-corrected chi connectivity index (χ3v) is 6.51. The van der Waals surface area contributed by atoms with Gasteiger partial charge in [-0.25, -0.2) is 22.7 Å². The zero-order chi connectivity index (χ0) is 24.0. The molecule has 0 bridgehead atoms. The number of fused-ring (bicyclic) bond motifs is 1. The summed E-state index contributed by atoms with van der Waals surface area (Å²) >= 11 is 0.921. The molecule has 174 valence electrons.